The first-order valence-corrected chi connectivity index (χ1v) is 30.0. The van der Waals surface area contributed by atoms with Crippen molar-refractivity contribution >= 4 is 25.7 Å². The van der Waals surface area contributed by atoms with E-state index in [0.717, 1.165) is 116 Å². The van der Waals surface area contributed by atoms with Crippen LogP contribution in [0.15, 0.2) is 85.1 Å². The van der Waals surface area contributed by atoms with Gasteiger partial charge in [0.1, 0.15) is 12.7 Å². The number of carbonyl (C=O) groups excluding carboxylic acids is 3. The molecule has 0 aromatic carbocycles. The summed E-state index contributed by atoms with van der Waals surface area (Å²) in [7, 11) is -4.76. The van der Waals surface area contributed by atoms with Crippen molar-refractivity contribution in [2.24, 2.45) is 0 Å². The number of unbranched alkanes of at least 4 members (excludes halogenated alkanes) is 21. The number of carbonyl (C=O) groups is 3. The average molecular weight is 1030 g/mol. The van der Waals surface area contributed by atoms with Crippen LogP contribution in [0.25, 0.3) is 0 Å². The molecule has 0 amide bonds. The van der Waals surface area contributed by atoms with Crippen molar-refractivity contribution < 1.29 is 52.2 Å². The molecule has 0 aromatic heterocycles. The van der Waals surface area contributed by atoms with Crippen LogP contribution in [0, 0.1) is 0 Å². The lowest BCUT2D eigenvalue weighted by molar-refractivity contribution is -0.161. The van der Waals surface area contributed by atoms with E-state index in [2.05, 4.69) is 106 Å². The molecule has 0 rings (SSSR count). The summed E-state index contributed by atoms with van der Waals surface area (Å²) in [5.74, 6) is -1.52. The molecule has 0 saturated heterocycles. The van der Waals surface area contributed by atoms with Crippen LogP contribution in [0.3, 0.4) is 0 Å². The summed E-state index contributed by atoms with van der Waals surface area (Å²) in [6, 6.07) is 0. The Hall–Kier alpha value is -3.34. The van der Waals surface area contributed by atoms with Crippen LogP contribution >= 0.6 is 7.82 Å². The van der Waals surface area contributed by atoms with Crippen LogP contribution in [0.4, 0.5) is 0 Å². The number of aliphatic hydroxyl groups is 1. The molecule has 0 aromatic rings. The zero-order valence-electron chi connectivity index (χ0n) is 45.6. The van der Waals surface area contributed by atoms with Crippen molar-refractivity contribution in [3.63, 3.8) is 0 Å². The Morgan fingerprint density at radius 2 is 0.722 bits per heavy atom. The van der Waals surface area contributed by atoms with Crippen molar-refractivity contribution in [3.8, 4) is 0 Å². The predicted molar refractivity (Wildman–Crippen MR) is 298 cm³/mol. The van der Waals surface area contributed by atoms with Gasteiger partial charge < -0.3 is 24.2 Å². The molecule has 0 aliphatic rings. The second-order valence-corrected chi connectivity index (χ2v) is 20.2. The summed E-state index contributed by atoms with van der Waals surface area (Å²) in [4.78, 5) is 48.5. The zero-order valence-corrected chi connectivity index (χ0v) is 46.5. The molecule has 0 aliphatic carbocycles. The maximum atomic E-state index is 12.9. The number of phosphoric ester groups is 1. The van der Waals surface area contributed by atoms with E-state index in [4.69, 9.17) is 23.3 Å². The number of rotatable bonds is 52. The Morgan fingerprint density at radius 1 is 0.403 bits per heavy atom. The summed E-state index contributed by atoms with van der Waals surface area (Å²) in [5, 5.41) is 9.79. The van der Waals surface area contributed by atoms with Crippen LogP contribution in [-0.4, -0.2) is 66.5 Å². The fourth-order valence-corrected chi connectivity index (χ4v) is 8.25. The lowest BCUT2D eigenvalue weighted by Gasteiger charge is -2.21. The fraction of sp³-hybridized carbons (Fsp3) is 0.717. The summed E-state index contributed by atoms with van der Waals surface area (Å²) in [6.45, 7) is 4.44. The molecule has 0 saturated carbocycles. The first-order valence-electron chi connectivity index (χ1n) is 28.5. The van der Waals surface area contributed by atoms with Crippen molar-refractivity contribution in [1.82, 2.24) is 0 Å². The van der Waals surface area contributed by atoms with E-state index < -0.39 is 57.8 Å². The van der Waals surface area contributed by atoms with Gasteiger partial charge in [0.15, 0.2) is 6.10 Å². The highest BCUT2D eigenvalue weighted by Crippen LogP contribution is 2.43. The Morgan fingerprint density at radius 3 is 1.15 bits per heavy atom. The number of esters is 3. The van der Waals surface area contributed by atoms with Crippen molar-refractivity contribution in [1.29, 1.82) is 0 Å². The molecular weight excluding hydrogens is 928 g/mol. The molecule has 0 bridgehead atoms. The van der Waals surface area contributed by atoms with Gasteiger partial charge in [-0.1, -0.05) is 209 Å². The molecule has 0 radical (unpaired) electrons. The topological polar surface area (TPSA) is 155 Å². The van der Waals surface area contributed by atoms with Crippen molar-refractivity contribution in [2.75, 3.05) is 26.4 Å². The molecule has 0 fully saturated rings. The lowest BCUT2D eigenvalue weighted by atomic mass is 10.1. The summed E-state index contributed by atoms with van der Waals surface area (Å²) < 4.78 is 39.4. The minimum absolute atomic E-state index is 0.142. The first-order chi connectivity index (χ1) is 35.2. The standard InChI is InChI=1S/C60H103O11P/c1-4-7-10-13-16-19-22-24-26-27-28-29-31-32-35-37-40-43-46-49-58(62)67-53-57(71-60(64)51-48-45-42-39-36-33-30-25-23-20-17-14-11-8-5-2)55-69-72(65,66)68-54-56(52-61)70-59(63)50-47-44-41-38-34-21-18-15-12-9-6-3/h7,10,16-17,19-20,24-26,28-30,32,35,56-57,61H,4-6,8-9,11-15,18,21-23,27,31,33-34,36-55H2,1-3H3,(H,65,66)/b10-7-,19-16-,20-17-,26-24-,29-28-,30-25-,35-32-. The summed E-state index contributed by atoms with van der Waals surface area (Å²) >= 11 is 0. The molecule has 11 nitrogen and oxygen atoms in total. The van der Waals surface area contributed by atoms with Gasteiger partial charge >= 0.3 is 25.7 Å². The predicted octanol–water partition coefficient (Wildman–Crippen LogP) is 16.7. The van der Waals surface area contributed by atoms with Gasteiger partial charge in [0.2, 0.25) is 0 Å². The molecule has 0 aliphatic heterocycles. The third kappa shape index (κ3) is 51.6. The SMILES string of the molecule is CC/C=C\C/C=C\C/C=C\C/C=C\C/C=C\CCCCCC(=O)OCC(COP(=O)(O)OCC(CO)OC(=O)CCCCCCCCCCCCC)OC(=O)CCCCCCC/C=C\C/C=C\CCCCC. The molecule has 414 valence electrons. The van der Waals surface area contributed by atoms with E-state index in [9.17, 15) is 28.9 Å². The summed E-state index contributed by atoms with van der Waals surface area (Å²) in [6.07, 6.45) is 61.1. The molecule has 0 spiro atoms. The molecule has 72 heavy (non-hydrogen) atoms. The van der Waals surface area contributed by atoms with Crippen LogP contribution in [0.1, 0.15) is 239 Å². The Labute approximate surface area is 439 Å². The zero-order chi connectivity index (χ0) is 52.7. The number of allylic oxidation sites excluding steroid dienone is 14. The van der Waals surface area contributed by atoms with E-state index in [1.54, 1.807) is 0 Å². The minimum Gasteiger partial charge on any atom is -0.462 e. The van der Waals surface area contributed by atoms with Gasteiger partial charge in [-0.2, -0.15) is 0 Å². The molecule has 0 heterocycles. The third-order valence-corrected chi connectivity index (χ3v) is 12.8. The minimum atomic E-state index is -4.76. The van der Waals surface area contributed by atoms with Gasteiger partial charge in [-0.3, -0.25) is 23.4 Å². The van der Waals surface area contributed by atoms with Crippen molar-refractivity contribution in [3.05, 3.63) is 85.1 Å². The Bertz CT molecular complexity index is 1530. The van der Waals surface area contributed by atoms with Crippen LogP contribution in [0.5, 0.6) is 0 Å². The Kier molecular flexibility index (Phi) is 51.4. The van der Waals surface area contributed by atoms with Gasteiger partial charge in [0, 0.05) is 19.3 Å². The van der Waals surface area contributed by atoms with E-state index >= 15 is 0 Å². The smallest absolute Gasteiger partial charge is 0.462 e. The van der Waals surface area contributed by atoms with Gasteiger partial charge in [-0.15, -0.1) is 0 Å². The highest BCUT2D eigenvalue weighted by atomic mass is 31.2. The van der Waals surface area contributed by atoms with E-state index in [0.29, 0.717) is 19.3 Å². The second-order valence-electron chi connectivity index (χ2n) is 18.7. The second kappa shape index (κ2) is 53.9. The van der Waals surface area contributed by atoms with Crippen LogP contribution in [0.2, 0.25) is 0 Å². The van der Waals surface area contributed by atoms with Crippen LogP contribution < -0.4 is 0 Å². The summed E-state index contributed by atoms with van der Waals surface area (Å²) in [5.41, 5.74) is 0. The number of aliphatic hydroxyl groups excluding tert-OH is 1. The molecule has 3 unspecified atom stereocenters. The maximum absolute atomic E-state index is 12.9. The van der Waals surface area contributed by atoms with E-state index in [1.165, 1.54) is 64.2 Å². The maximum Gasteiger partial charge on any atom is 0.472 e. The molecule has 12 heteroatoms. The number of phosphoric acid groups is 1. The lowest BCUT2D eigenvalue weighted by Crippen LogP contribution is -2.30. The largest absolute Gasteiger partial charge is 0.472 e. The van der Waals surface area contributed by atoms with Gasteiger partial charge in [0.25, 0.3) is 0 Å². The Balaban J connectivity index is 4.81. The number of ether oxygens (including phenoxy) is 3. The first kappa shape index (κ1) is 68.7. The molecule has 3 atom stereocenters. The number of hydrogen-bond donors (Lipinski definition) is 2. The van der Waals surface area contributed by atoms with Gasteiger partial charge in [-0.25, -0.2) is 4.57 Å². The fourth-order valence-electron chi connectivity index (χ4n) is 7.47. The van der Waals surface area contributed by atoms with Gasteiger partial charge in [-0.05, 0) is 96.3 Å². The van der Waals surface area contributed by atoms with Crippen molar-refractivity contribution in [2.45, 2.75) is 251 Å². The monoisotopic (exact) mass is 1030 g/mol. The van der Waals surface area contributed by atoms with Crippen LogP contribution in [-0.2, 0) is 42.2 Å². The third-order valence-electron chi connectivity index (χ3n) is 11.8. The quantitative estimate of drug-likeness (QED) is 0.0197. The average Bonchev–Trinajstić information content (AvgIpc) is 3.37. The van der Waals surface area contributed by atoms with E-state index in [1.807, 2.05) is 0 Å². The highest BCUT2D eigenvalue weighted by molar-refractivity contribution is 7.47. The molecular formula is C60H103O11P. The van der Waals surface area contributed by atoms with Gasteiger partial charge in [0.05, 0.1) is 19.8 Å². The highest BCUT2D eigenvalue weighted by Gasteiger charge is 2.28. The molecule has 2 N–H and O–H groups in total. The van der Waals surface area contributed by atoms with E-state index in [-0.39, 0.29) is 25.9 Å². The normalized spacial score (nSPS) is 14.0. The number of hydrogen-bond acceptors (Lipinski definition) is 10.